The Hall–Kier alpha value is -3.62. The van der Waals surface area contributed by atoms with Gasteiger partial charge in [-0.25, -0.2) is 8.42 Å². The van der Waals surface area contributed by atoms with Crippen molar-refractivity contribution in [3.8, 4) is 11.5 Å². The third-order valence-electron chi connectivity index (χ3n) is 6.53. The van der Waals surface area contributed by atoms with Crippen LogP contribution in [0.5, 0.6) is 11.5 Å². The second-order valence-corrected chi connectivity index (χ2v) is 11.0. The van der Waals surface area contributed by atoms with Crippen molar-refractivity contribution in [2.75, 3.05) is 19.8 Å². The third kappa shape index (κ3) is 4.87. The maximum absolute atomic E-state index is 13.8. The van der Waals surface area contributed by atoms with E-state index in [4.69, 9.17) is 9.47 Å². The van der Waals surface area contributed by atoms with Gasteiger partial charge in [-0.1, -0.05) is 30.3 Å². The van der Waals surface area contributed by atoms with Gasteiger partial charge in [-0.05, 0) is 72.7 Å². The molecule has 4 aromatic rings. The molecule has 0 saturated carbocycles. The summed E-state index contributed by atoms with van der Waals surface area (Å²) >= 11 is 0. The number of rotatable bonds is 7. The molecule has 2 heterocycles. The van der Waals surface area contributed by atoms with Gasteiger partial charge >= 0.3 is 0 Å². The first-order chi connectivity index (χ1) is 17.3. The van der Waals surface area contributed by atoms with Gasteiger partial charge in [0.2, 0.25) is 10.0 Å². The maximum atomic E-state index is 13.8. The van der Waals surface area contributed by atoms with Crippen LogP contribution in [0.2, 0.25) is 0 Å². The lowest BCUT2D eigenvalue weighted by Gasteiger charge is -2.24. The Kier molecular flexibility index (Phi) is 6.55. The van der Waals surface area contributed by atoms with Crippen LogP contribution >= 0.6 is 0 Å². The lowest BCUT2D eigenvalue weighted by molar-refractivity contribution is 0.171. The predicted molar refractivity (Wildman–Crippen MR) is 139 cm³/mol. The summed E-state index contributed by atoms with van der Waals surface area (Å²) in [7, 11) is -3.94. The molecule has 5 rings (SSSR count). The monoisotopic (exact) mass is 504 g/mol. The number of aromatic nitrogens is 1. The molecule has 8 heteroatoms. The molecular weight excluding hydrogens is 476 g/mol. The zero-order valence-corrected chi connectivity index (χ0v) is 21.1. The van der Waals surface area contributed by atoms with E-state index in [9.17, 15) is 13.2 Å². The molecule has 0 amide bonds. The number of sulfonamides is 1. The Morgan fingerprint density at radius 1 is 0.889 bits per heavy atom. The summed E-state index contributed by atoms with van der Waals surface area (Å²) < 4.78 is 40.2. The second kappa shape index (κ2) is 9.79. The number of fused-ring (bicyclic) bond motifs is 2. The van der Waals surface area contributed by atoms with Crippen molar-refractivity contribution in [1.82, 2.24) is 9.29 Å². The molecule has 0 saturated heterocycles. The van der Waals surface area contributed by atoms with Crippen LogP contribution in [0.25, 0.3) is 10.9 Å². The zero-order valence-electron chi connectivity index (χ0n) is 20.3. The van der Waals surface area contributed by atoms with Crippen molar-refractivity contribution in [3.63, 3.8) is 0 Å². The molecule has 0 unspecified atom stereocenters. The molecule has 0 radical (unpaired) electrons. The van der Waals surface area contributed by atoms with Gasteiger partial charge in [0, 0.05) is 30.2 Å². The van der Waals surface area contributed by atoms with Crippen LogP contribution < -0.4 is 15.0 Å². The minimum absolute atomic E-state index is 0.0538. The van der Waals surface area contributed by atoms with Gasteiger partial charge in [-0.15, -0.1) is 0 Å². The van der Waals surface area contributed by atoms with Crippen LogP contribution in [0, 0.1) is 13.8 Å². The molecule has 1 aromatic heterocycles. The lowest BCUT2D eigenvalue weighted by Crippen LogP contribution is -2.34. The average molecular weight is 505 g/mol. The number of ether oxygens (including phenoxy) is 2. The van der Waals surface area contributed by atoms with E-state index in [1.54, 1.807) is 12.1 Å². The molecule has 1 aliphatic rings. The zero-order chi connectivity index (χ0) is 25.3. The molecule has 0 aliphatic carbocycles. The minimum Gasteiger partial charge on any atom is -0.486 e. The first kappa shape index (κ1) is 24.1. The summed E-state index contributed by atoms with van der Waals surface area (Å²) in [6.07, 6.45) is 0.508. The van der Waals surface area contributed by atoms with Crippen molar-refractivity contribution in [1.29, 1.82) is 0 Å². The molecule has 0 spiro atoms. The minimum atomic E-state index is -3.94. The molecule has 0 fully saturated rings. The van der Waals surface area contributed by atoms with Crippen molar-refractivity contribution >= 4 is 20.9 Å². The molecule has 1 N–H and O–H groups in total. The van der Waals surface area contributed by atoms with E-state index in [1.165, 1.54) is 16.4 Å². The Balaban J connectivity index is 1.52. The van der Waals surface area contributed by atoms with E-state index in [1.807, 2.05) is 56.3 Å². The van der Waals surface area contributed by atoms with Crippen molar-refractivity contribution < 1.29 is 17.9 Å². The number of benzene rings is 3. The van der Waals surface area contributed by atoms with Gasteiger partial charge in [0.15, 0.2) is 11.5 Å². The summed E-state index contributed by atoms with van der Waals surface area (Å²) in [5.74, 6) is 0.924. The van der Waals surface area contributed by atoms with E-state index < -0.39 is 10.0 Å². The van der Waals surface area contributed by atoms with E-state index in [2.05, 4.69) is 4.98 Å². The van der Waals surface area contributed by atoms with Crippen LogP contribution in [0.15, 0.2) is 76.4 Å². The normalized spacial score (nSPS) is 13.3. The lowest BCUT2D eigenvalue weighted by atomic mass is 10.0. The van der Waals surface area contributed by atoms with Crippen molar-refractivity contribution in [2.24, 2.45) is 0 Å². The van der Waals surface area contributed by atoms with Crippen molar-refractivity contribution in [2.45, 2.75) is 31.7 Å². The Morgan fingerprint density at radius 3 is 2.39 bits per heavy atom. The molecule has 0 bridgehead atoms. The fourth-order valence-corrected chi connectivity index (χ4v) is 5.78. The highest BCUT2D eigenvalue weighted by Crippen LogP contribution is 2.33. The Bertz CT molecular complexity index is 1580. The molecule has 0 atom stereocenters. The highest BCUT2D eigenvalue weighted by Gasteiger charge is 2.27. The number of aromatic amines is 1. The Morgan fingerprint density at radius 2 is 1.61 bits per heavy atom. The average Bonchev–Trinajstić information content (AvgIpc) is 2.88. The van der Waals surface area contributed by atoms with E-state index in [0.717, 1.165) is 27.6 Å². The molecule has 186 valence electrons. The molecule has 36 heavy (non-hydrogen) atoms. The van der Waals surface area contributed by atoms with Crippen LogP contribution in [-0.4, -0.2) is 37.5 Å². The van der Waals surface area contributed by atoms with E-state index in [-0.39, 0.29) is 23.5 Å². The number of H-pyrrole nitrogens is 1. The summed E-state index contributed by atoms with van der Waals surface area (Å²) in [6, 6.07) is 20.1. The summed E-state index contributed by atoms with van der Waals surface area (Å²) in [6.45, 7) is 4.95. The Labute approximate surface area is 210 Å². The smallest absolute Gasteiger partial charge is 0.252 e. The second-order valence-electron chi connectivity index (χ2n) is 9.03. The van der Waals surface area contributed by atoms with Gasteiger partial charge < -0.3 is 14.5 Å². The highest BCUT2D eigenvalue weighted by atomic mass is 32.2. The molecule has 7 nitrogen and oxygen atoms in total. The van der Waals surface area contributed by atoms with E-state index in [0.29, 0.717) is 36.7 Å². The van der Waals surface area contributed by atoms with Gasteiger partial charge in [0.25, 0.3) is 5.56 Å². The molecular formula is C28H28N2O5S. The van der Waals surface area contributed by atoms with Gasteiger partial charge in [-0.3, -0.25) is 4.79 Å². The van der Waals surface area contributed by atoms with Crippen LogP contribution in [0.1, 0.15) is 22.3 Å². The van der Waals surface area contributed by atoms with Crippen molar-refractivity contribution in [3.05, 3.63) is 99.3 Å². The number of nitrogens with one attached hydrogen (secondary N) is 1. The number of hydrogen-bond acceptors (Lipinski definition) is 5. The maximum Gasteiger partial charge on any atom is 0.252 e. The number of nitrogens with zero attached hydrogens (tertiary/aromatic N) is 1. The van der Waals surface area contributed by atoms with Gasteiger partial charge in [0.1, 0.15) is 13.2 Å². The van der Waals surface area contributed by atoms with Gasteiger partial charge in [-0.2, -0.15) is 4.31 Å². The third-order valence-corrected chi connectivity index (χ3v) is 8.37. The van der Waals surface area contributed by atoms with Crippen LogP contribution in [0.3, 0.4) is 0 Å². The molecule has 3 aromatic carbocycles. The number of hydrogen-bond donors (Lipinski definition) is 1. The van der Waals surface area contributed by atoms with E-state index >= 15 is 0 Å². The van der Waals surface area contributed by atoms with Crippen LogP contribution in [-0.2, 0) is 23.0 Å². The fourth-order valence-electron chi connectivity index (χ4n) is 4.35. The quantitative estimate of drug-likeness (QED) is 0.404. The SMILES string of the molecule is Cc1cc2cc(CN(CCc3ccccc3)S(=O)(=O)c3ccc4c(c3)OCCO4)c(=O)[nH]c2cc1C. The number of pyridine rings is 1. The molecule has 1 aliphatic heterocycles. The first-order valence-electron chi connectivity index (χ1n) is 11.9. The fraction of sp³-hybridized carbons (Fsp3) is 0.250. The van der Waals surface area contributed by atoms with Crippen LogP contribution in [0.4, 0.5) is 0 Å². The largest absolute Gasteiger partial charge is 0.486 e. The summed E-state index contributed by atoms with van der Waals surface area (Å²) in [4.78, 5) is 16.0. The topological polar surface area (TPSA) is 88.7 Å². The first-order valence-corrected chi connectivity index (χ1v) is 13.3. The summed E-state index contributed by atoms with van der Waals surface area (Å²) in [5, 5.41) is 0.868. The predicted octanol–water partition coefficient (Wildman–Crippen LogP) is 4.35. The summed E-state index contributed by atoms with van der Waals surface area (Å²) in [5.41, 5.74) is 4.02. The highest BCUT2D eigenvalue weighted by molar-refractivity contribution is 7.89. The number of aryl methyl sites for hydroxylation is 2. The van der Waals surface area contributed by atoms with Gasteiger partial charge in [0.05, 0.1) is 4.90 Å². The standard InChI is InChI=1S/C28H28N2O5S/c1-19-14-22-16-23(28(31)29-25(22)15-20(19)2)18-30(11-10-21-6-4-3-5-7-21)36(32,33)24-8-9-26-27(17-24)35-13-12-34-26/h3-9,14-17H,10-13,18H2,1-2H3,(H,29,31).